The van der Waals surface area contributed by atoms with Crippen molar-refractivity contribution in [2.45, 2.75) is 45.7 Å². The number of aryl methyl sites for hydroxylation is 3. The highest BCUT2D eigenvalue weighted by Gasteiger charge is 2.24. The van der Waals surface area contributed by atoms with Crippen molar-refractivity contribution in [2.75, 3.05) is 7.11 Å². The molecular formula is C23H26N4O2. The van der Waals surface area contributed by atoms with Crippen LogP contribution in [0.5, 0.6) is 5.75 Å². The van der Waals surface area contributed by atoms with Crippen LogP contribution in [0.3, 0.4) is 0 Å². The molecule has 0 aliphatic carbocycles. The van der Waals surface area contributed by atoms with Crippen molar-refractivity contribution in [1.82, 2.24) is 19.9 Å². The smallest absolute Gasteiger partial charge is 0.271 e. The van der Waals surface area contributed by atoms with Crippen LogP contribution in [0.4, 0.5) is 0 Å². The highest BCUT2D eigenvalue weighted by molar-refractivity contribution is 5.92. The van der Waals surface area contributed by atoms with Crippen molar-refractivity contribution in [1.29, 1.82) is 0 Å². The predicted octanol–water partition coefficient (Wildman–Crippen LogP) is 3.56. The highest BCUT2D eigenvalue weighted by Crippen LogP contribution is 2.33. The second-order valence-corrected chi connectivity index (χ2v) is 7.66. The maximum absolute atomic E-state index is 12.5. The van der Waals surface area contributed by atoms with Crippen LogP contribution in [0.1, 0.15) is 50.9 Å². The summed E-state index contributed by atoms with van der Waals surface area (Å²) in [5.74, 6) is 2.20. The van der Waals surface area contributed by atoms with Gasteiger partial charge in [-0.15, -0.1) is 0 Å². The van der Waals surface area contributed by atoms with Gasteiger partial charge in [-0.05, 0) is 48.6 Å². The Labute approximate surface area is 171 Å². The van der Waals surface area contributed by atoms with Crippen LogP contribution in [0.25, 0.3) is 0 Å². The monoisotopic (exact) mass is 390 g/mol. The van der Waals surface area contributed by atoms with Gasteiger partial charge in [-0.3, -0.25) is 9.78 Å². The number of nitrogens with one attached hydrogen (secondary N) is 1. The van der Waals surface area contributed by atoms with Crippen molar-refractivity contribution >= 4 is 5.91 Å². The van der Waals surface area contributed by atoms with Gasteiger partial charge in [0.15, 0.2) is 0 Å². The van der Waals surface area contributed by atoms with E-state index < -0.39 is 0 Å². The lowest BCUT2D eigenvalue weighted by Crippen LogP contribution is -2.23. The number of hydrogen-bond acceptors (Lipinski definition) is 4. The van der Waals surface area contributed by atoms with Gasteiger partial charge in [0.2, 0.25) is 0 Å². The molecule has 2 aromatic heterocycles. The topological polar surface area (TPSA) is 69.0 Å². The second kappa shape index (κ2) is 8.07. The molecule has 3 aromatic rings. The fraction of sp³-hybridized carbons (Fsp3) is 0.348. The highest BCUT2D eigenvalue weighted by atomic mass is 16.5. The van der Waals surface area contributed by atoms with E-state index in [1.165, 1.54) is 5.56 Å². The zero-order valence-corrected chi connectivity index (χ0v) is 17.1. The summed E-state index contributed by atoms with van der Waals surface area (Å²) in [4.78, 5) is 21.2. The number of amides is 1. The third-order valence-corrected chi connectivity index (χ3v) is 5.56. The Bertz CT molecular complexity index is 1000. The number of nitrogens with zero attached hydrogens (tertiary/aromatic N) is 3. The first kappa shape index (κ1) is 19.2. The van der Waals surface area contributed by atoms with E-state index >= 15 is 0 Å². The number of carbonyl (C=O) groups is 1. The van der Waals surface area contributed by atoms with E-state index in [0.29, 0.717) is 18.2 Å². The van der Waals surface area contributed by atoms with E-state index in [-0.39, 0.29) is 5.91 Å². The minimum absolute atomic E-state index is 0.150. The summed E-state index contributed by atoms with van der Waals surface area (Å²) >= 11 is 0. The molecule has 1 atom stereocenters. The first-order chi connectivity index (χ1) is 14.0. The van der Waals surface area contributed by atoms with Crippen LogP contribution in [-0.4, -0.2) is 27.6 Å². The van der Waals surface area contributed by atoms with E-state index in [9.17, 15) is 4.79 Å². The second-order valence-electron chi connectivity index (χ2n) is 7.66. The molecular weight excluding hydrogens is 364 g/mol. The Kier molecular flexibility index (Phi) is 5.34. The molecule has 1 aromatic carbocycles. The lowest BCUT2D eigenvalue weighted by Gasteiger charge is -2.25. The van der Waals surface area contributed by atoms with Gasteiger partial charge in [0, 0.05) is 44.0 Å². The molecule has 0 saturated carbocycles. The number of carbonyl (C=O) groups excluding carboxylic acids is 1. The minimum Gasteiger partial charge on any atom is -0.496 e. The van der Waals surface area contributed by atoms with Crippen LogP contribution in [0.2, 0.25) is 0 Å². The fourth-order valence-electron chi connectivity index (χ4n) is 4.14. The number of fused-ring (bicyclic) bond motifs is 1. The van der Waals surface area contributed by atoms with Crippen molar-refractivity contribution in [3.05, 3.63) is 76.6 Å². The quantitative estimate of drug-likeness (QED) is 0.723. The van der Waals surface area contributed by atoms with E-state index in [0.717, 1.165) is 47.7 Å². The normalized spacial score (nSPS) is 15.6. The van der Waals surface area contributed by atoms with Gasteiger partial charge in [-0.2, -0.15) is 0 Å². The maximum Gasteiger partial charge on any atom is 0.271 e. The number of pyridine rings is 1. The van der Waals surface area contributed by atoms with Crippen molar-refractivity contribution in [3.63, 3.8) is 0 Å². The Hall–Kier alpha value is -3.15. The molecule has 4 rings (SSSR count). The first-order valence-corrected chi connectivity index (χ1v) is 9.93. The summed E-state index contributed by atoms with van der Waals surface area (Å²) in [6, 6.07) is 8.24. The number of imidazole rings is 1. The van der Waals surface area contributed by atoms with Gasteiger partial charge < -0.3 is 14.6 Å². The fourth-order valence-corrected chi connectivity index (χ4v) is 4.14. The van der Waals surface area contributed by atoms with Crippen molar-refractivity contribution < 1.29 is 9.53 Å². The number of methoxy groups -OCH3 is 1. The summed E-state index contributed by atoms with van der Waals surface area (Å²) in [6.45, 7) is 5.46. The molecule has 1 aliphatic rings. The molecule has 6 heteroatoms. The average molecular weight is 390 g/mol. The largest absolute Gasteiger partial charge is 0.496 e. The molecule has 29 heavy (non-hydrogen) atoms. The zero-order chi connectivity index (χ0) is 20.4. The number of aromatic nitrogens is 3. The van der Waals surface area contributed by atoms with Gasteiger partial charge >= 0.3 is 0 Å². The molecule has 1 N–H and O–H groups in total. The first-order valence-electron chi connectivity index (χ1n) is 9.93. The summed E-state index contributed by atoms with van der Waals surface area (Å²) in [6.07, 6.45) is 7.24. The minimum atomic E-state index is -0.150. The van der Waals surface area contributed by atoms with Crippen LogP contribution in [-0.2, 0) is 19.5 Å². The molecule has 0 unspecified atom stereocenters. The number of hydrogen-bond donors (Lipinski definition) is 1. The van der Waals surface area contributed by atoms with Gasteiger partial charge in [0.05, 0.1) is 7.11 Å². The number of benzene rings is 1. The Morgan fingerprint density at radius 3 is 2.79 bits per heavy atom. The number of rotatable bonds is 5. The Balaban J connectivity index is 1.47. The van der Waals surface area contributed by atoms with E-state index in [4.69, 9.17) is 4.74 Å². The molecule has 0 radical (unpaired) electrons. The summed E-state index contributed by atoms with van der Waals surface area (Å²) in [5.41, 5.74) is 5.09. The van der Waals surface area contributed by atoms with Gasteiger partial charge in [0.25, 0.3) is 5.91 Å². The molecule has 0 spiro atoms. The van der Waals surface area contributed by atoms with E-state index in [1.807, 2.05) is 18.3 Å². The summed E-state index contributed by atoms with van der Waals surface area (Å²) in [7, 11) is 1.72. The molecule has 0 bridgehead atoms. The predicted molar refractivity (Wildman–Crippen MR) is 111 cm³/mol. The molecule has 1 amide bonds. The van der Waals surface area contributed by atoms with Crippen molar-refractivity contribution in [2.24, 2.45) is 0 Å². The van der Waals surface area contributed by atoms with Crippen LogP contribution >= 0.6 is 0 Å². The van der Waals surface area contributed by atoms with Gasteiger partial charge in [-0.1, -0.05) is 18.2 Å². The summed E-state index contributed by atoms with van der Waals surface area (Å²) in [5, 5.41) is 2.93. The molecule has 3 heterocycles. The van der Waals surface area contributed by atoms with E-state index in [1.54, 1.807) is 19.5 Å². The molecule has 6 nitrogen and oxygen atoms in total. The zero-order valence-electron chi connectivity index (χ0n) is 17.1. The summed E-state index contributed by atoms with van der Waals surface area (Å²) < 4.78 is 7.62. The third-order valence-electron chi connectivity index (χ3n) is 5.56. The Morgan fingerprint density at radius 2 is 2.10 bits per heavy atom. The Morgan fingerprint density at radius 1 is 1.31 bits per heavy atom. The van der Waals surface area contributed by atoms with Gasteiger partial charge in [0.1, 0.15) is 17.3 Å². The molecule has 1 aliphatic heterocycles. The number of ether oxygens (including phenoxy) is 1. The van der Waals surface area contributed by atoms with Crippen LogP contribution in [0.15, 0.2) is 42.9 Å². The molecule has 0 fully saturated rings. The van der Waals surface area contributed by atoms with Crippen molar-refractivity contribution in [3.8, 4) is 5.75 Å². The van der Waals surface area contributed by atoms with Crippen LogP contribution in [0, 0.1) is 13.8 Å². The lowest BCUT2D eigenvalue weighted by atomic mass is 9.89. The standard InChI is InChI=1S/C23H26N4O2/c1-15-9-19(10-16(2)22(15)29-3)18-6-7-21-26-20(14-27(21)13-18)23(28)25-12-17-5-4-8-24-11-17/h4-5,8-11,14,18H,6-7,12-13H2,1-3H3,(H,25,28)/t18-/m1/s1. The molecule has 150 valence electrons. The van der Waals surface area contributed by atoms with Gasteiger partial charge in [-0.25, -0.2) is 4.98 Å². The SMILES string of the molecule is COc1c(C)cc([C@@H]2CCc3nc(C(=O)NCc4cccnc4)cn3C2)cc1C. The van der Waals surface area contributed by atoms with E-state index in [2.05, 4.69) is 45.8 Å². The molecule has 0 saturated heterocycles. The lowest BCUT2D eigenvalue weighted by molar-refractivity contribution is 0.0946. The average Bonchev–Trinajstić information content (AvgIpc) is 3.16. The third kappa shape index (κ3) is 4.01. The maximum atomic E-state index is 12.5. The van der Waals surface area contributed by atoms with Crippen LogP contribution < -0.4 is 10.1 Å².